The van der Waals surface area contributed by atoms with Crippen molar-refractivity contribution < 1.29 is 28.6 Å². The molecule has 0 bridgehead atoms. The third-order valence-corrected chi connectivity index (χ3v) is 13.0. The number of rotatable bonds is 55. The summed E-state index contributed by atoms with van der Waals surface area (Å²) in [5.41, 5.74) is 0. The van der Waals surface area contributed by atoms with Gasteiger partial charge in [-0.3, -0.25) is 14.4 Å². The van der Waals surface area contributed by atoms with Gasteiger partial charge in [-0.15, -0.1) is 0 Å². The van der Waals surface area contributed by atoms with Crippen molar-refractivity contribution in [1.29, 1.82) is 0 Å². The van der Waals surface area contributed by atoms with Gasteiger partial charge < -0.3 is 14.2 Å². The lowest BCUT2D eigenvalue weighted by molar-refractivity contribution is -0.167. The number of unbranched alkanes of at least 4 members (excludes halogenated alkanes) is 26. The van der Waals surface area contributed by atoms with E-state index in [0.717, 1.165) is 128 Å². The van der Waals surface area contributed by atoms with Gasteiger partial charge >= 0.3 is 17.9 Å². The van der Waals surface area contributed by atoms with E-state index >= 15 is 0 Å². The standard InChI is InChI=1S/C68H114O6/c1-4-7-10-13-16-19-22-25-27-28-29-30-31-32-33-34-35-36-37-38-39-40-41-44-46-49-52-55-58-61-67(70)73-64-65(63-72-66(69)60-57-54-51-48-45-42-24-21-18-15-12-9-6-3)74-68(71)62-59-56-53-50-47-43-26-23-20-17-14-11-8-5-2/h7,10,14,16-17,19,21,23-27,29-30,32-33,35-36,65H,4-6,8-9,11-13,15,18,20,22,28,31,34,37-64H2,1-3H3/b10-7-,17-14-,19-16-,24-21-,26-23-,27-25-,30-29-,33-32-,36-35-. The van der Waals surface area contributed by atoms with Crippen LogP contribution in [0.25, 0.3) is 0 Å². The molecule has 0 N–H and O–H groups in total. The summed E-state index contributed by atoms with van der Waals surface area (Å²) in [4.78, 5) is 38.2. The zero-order chi connectivity index (χ0) is 53.6. The number of esters is 3. The number of hydrogen-bond donors (Lipinski definition) is 0. The number of ether oxygens (including phenoxy) is 3. The van der Waals surface area contributed by atoms with Gasteiger partial charge in [-0.1, -0.05) is 252 Å². The predicted octanol–water partition coefficient (Wildman–Crippen LogP) is 21.0. The van der Waals surface area contributed by atoms with E-state index in [0.29, 0.717) is 19.3 Å². The summed E-state index contributed by atoms with van der Waals surface area (Å²) in [5, 5.41) is 0. The lowest BCUT2D eigenvalue weighted by Gasteiger charge is -2.18. The van der Waals surface area contributed by atoms with Crippen LogP contribution < -0.4 is 0 Å². The maximum atomic E-state index is 12.9. The van der Waals surface area contributed by atoms with E-state index in [1.54, 1.807) is 0 Å². The van der Waals surface area contributed by atoms with Gasteiger partial charge in [-0.25, -0.2) is 0 Å². The number of carbonyl (C=O) groups excluding carboxylic acids is 3. The van der Waals surface area contributed by atoms with Crippen LogP contribution in [0.5, 0.6) is 0 Å². The van der Waals surface area contributed by atoms with Crippen molar-refractivity contribution in [3.8, 4) is 0 Å². The van der Waals surface area contributed by atoms with Crippen molar-refractivity contribution >= 4 is 17.9 Å². The average Bonchev–Trinajstić information content (AvgIpc) is 3.40. The van der Waals surface area contributed by atoms with Crippen molar-refractivity contribution in [3.05, 3.63) is 109 Å². The van der Waals surface area contributed by atoms with Crippen molar-refractivity contribution in [1.82, 2.24) is 0 Å². The minimum absolute atomic E-state index is 0.0888. The highest BCUT2D eigenvalue weighted by molar-refractivity contribution is 5.71. The third-order valence-electron chi connectivity index (χ3n) is 13.0. The Morgan fingerprint density at radius 1 is 0.284 bits per heavy atom. The van der Waals surface area contributed by atoms with Crippen molar-refractivity contribution in [2.45, 2.75) is 290 Å². The molecule has 6 nitrogen and oxygen atoms in total. The molecule has 1 atom stereocenters. The van der Waals surface area contributed by atoms with Crippen LogP contribution in [0.3, 0.4) is 0 Å². The monoisotopic (exact) mass is 1030 g/mol. The van der Waals surface area contributed by atoms with Gasteiger partial charge in [0.2, 0.25) is 0 Å². The minimum atomic E-state index is -0.792. The van der Waals surface area contributed by atoms with E-state index < -0.39 is 6.10 Å². The SMILES string of the molecule is CC/C=C\C/C=C\C/C=C\C/C=C\C/C=C\C/C=C\CCCCCCCCCCCCC(=O)OCC(COC(=O)CCCCCCC/C=C\CCCCCC)OC(=O)CCCCCCC/C=C\C/C=C\CCCC. The van der Waals surface area contributed by atoms with Crippen LogP contribution in [-0.4, -0.2) is 37.2 Å². The maximum Gasteiger partial charge on any atom is 0.306 e. The van der Waals surface area contributed by atoms with Gasteiger partial charge in [0, 0.05) is 19.3 Å². The second kappa shape index (κ2) is 61.6. The first kappa shape index (κ1) is 70.1. The normalized spacial score (nSPS) is 12.9. The van der Waals surface area contributed by atoms with Gasteiger partial charge in [0.05, 0.1) is 0 Å². The third kappa shape index (κ3) is 59.0. The fourth-order valence-corrected chi connectivity index (χ4v) is 8.34. The fraction of sp³-hybridized carbons (Fsp3) is 0.691. The summed E-state index contributed by atoms with van der Waals surface area (Å²) < 4.78 is 16.9. The van der Waals surface area contributed by atoms with Crippen molar-refractivity contribution in [2.75, 3.05) is 13.2 Å². The Bertz CT molecular complexity index is 1510. The van der Waals surface area contributed by atoms with Crippen LogP contribution in [-0.2, 0) is 28.6 Å². The first-order valence-electron chi connectivity index (χ1n) is 30.9. The first-order chi connectivity index (χ1) is 36.5. The molecule has 0 aromatic rings. The Hall–Kier alpha value is -3.93. The van der Waals surface area contributed by atoms with Gasteiger partial charge in [0.1, 0.15) is 13.2 Å². The van der Waals surface area contributed by atoms with Crippen LogP contribution >= 0.6 is 0 Å². The van der Waals surface area contributed by atoms with Crippen LogP contribution in [0.1, 0.15) is 284 Å². The largest absolute Gasteiger partial charge is 0.462 e. The summed E-state index contributed by atoms with van der Waals surface area (Å²) in [6, 6.07) is 0. The first-order valence-corrected chi connectivity index (χ1v) is 30.9. The number of carbonyl (C=O) groups is 3. The molecule has 0 saturated heterocycles. The van der Waals surface area contributed by atoms with E-state index in [9.17, 15) is 14.4 Å². The molecule has 0 fully saturated rings. The minimum Gasteiger partial charge on any atom is -0.462 e. The zero-order valence-electron chi connectivity index (χ0n) is 48.3. The molecule has 1 unspecified atom stereocenters. The molecule has 0 aliphatic rings. The molecular weight excluding hydrogens is 913 g/mol. The maximum absolute atomic E-state index is 12.9. The Morgan fingerprint density at radius 2 is 0.541 bits per heavy atom. The average molecular weight is 1030 g/mol. The summed E-state index contributed by atoms with van der Waals surface area (Å²) in [6.07, 6.45) is 83.7. The highest BCUT2D eigenvalue weighted by Crippen LogP contribution is 2.15. The van der Waals surface area contributed by atoms with Crippen molar-refractivity contribution in [2.24, 2.45) is 0 Å². The van der Waals surface area contributed by atoms with Gasteiger partial charge in [0.25, 0.3) is 0 Å². The second-order valence-electron chi connectivity index (χ2n) is 20.2. The zero-order valence-corrected chi connectivity index (χ0v) is 48.3. The van der Waals surface area contributed by atoms with Crippen LogP contribution in [0.2, 0.25) is 0 Å². The molecule has 6 heteroatoms. The number of allylic oxidation sites excluding steroid dienone is 18. The molecule has 0 spiro atoms. The van der Waals surface area contributed by atoms with Crippen LogP contribution in [0.4, 0.5) is 0 Å². The lowest BCUT2D eigenvalue weighted by Crippen LogP contribution is -2.30. The van der Waals surface area contributed by atoms with Gasteiger partial charge in [0.15, 0.2) is 6.10 Å². The highest BCUT2D eigenvalue weighted by atomic mass is 16.6. The Balaban J connectivity index is 4.28. The van der Waals surface area contributed by atoms with E-state index in [2.05, 4.69) is 130 Å². The Kier molecular flexibility index (Phi) is 58.3. The summed E-state index contributed by atoms with van der Waals surface area (Å²) in [6.45, 7) is 6.46. The Morgan fingerprint density at radius 3 is 0.878 bits per heavy atom. The molecule has 0 saturated carbocycles. The van der Waals surface area contributed by atoms with Crippen LogP contribution in [0.15, 0.2) is 109 Å². The molecule has 0 aliphatic heterocycles. The quantitative estimate of drug-likeness (QED) is 0.0261. The van der Waals surface area contributed by atoms with E-state index in [4.69, 9.17) is 14.2 Å². The molecule has 0 heterocycles. The second-order valence-corrected chi connectivity index (χ2v) is 20.2. The molecule has 0 aliphatic carbocycles. The summed E-state index contributed by atoms with van der Waals surface area (Å²) >= 11 is 0. The topological polar surface area (TPSA) is 78.9 Å². The molecule has 0 aromatic heterocycles. The van der Waals surface area contributed by atoms with Gasteiger partial charge in [-0.05, 0) is 122 Å². The smallest absolute Gasteiger partial charge is 0.306 e. The van der Waals surface area contributed by atoms with E-state index in [1.165, 1.54) is 116 Å². The van der Waals surface area contributed by atoms with E-state index in [-0.39, 0.29) is 31.1 Å². The highest BCUT2D eigenvalue weighted by Gasteiger charge is 2.19. The molecule has 0 radical (unpaired) electrons. The van der Waals surface area contributed by atoms with Crippen molar-refractivity contribution in [3.63, 3.8) is 0 Å². The number of hydrogen-bond acceptors (Lipinski definition) is 6. The Labute approximate surface area is 457 Å². The van der Waals surface area contributed by atoms with Crippen LogP contribution in [0, 0.1) is 0 Å². The molecule has 0 rings (SSSR count). The molecule has 74 heavy (non-hydrogen) atoms. The predicted molar refractivity (Wildman–Crippen MR) is 320 cm³/mol. The summed E-state index contributed by atoms with van der Waals surface area (Å²) in [7, 11) is 0. The van der Waals surface area contributed by atoms with Gasteiger partial charge in [-0.2, -0.15) is 0 Å². The fourth-order valence-electron chi connectivity index (χ4n) is 8.34. The molecular formula is C68H114O6. The molecule has 422 valence electrons. The molecule has 0 amide bonds. The lowest BCUT2D eigenvalue weighted by atomic mass is 10.1. The molecule has 0 aromatic carbocycles. The van der Waals surface area contributed by atoms with E-state index in [1.807, 2.05) is 0 Å². The summed E-state index contributed by atoms with van der Waals surface area (Å²) in [5.74, 6) is -0.912.